The van der Waals surface area contributed by atoms with E-state index in [9.17, 15) is 9.90 Å². The third-order valence-electron chi connectivity index (χ3n) is 5.10. The van der Waals surface area contributed by atoms with Crippen molar-refractivity contribution in [2.75, 3.05) is 0 Å². The summed E-state index contributed by atoms with van der Waals surface area (Å²) in [6.07, 6.45) is 2.35. The van der Waals surface area contributed by atoms with Gasteiger partial charge < -0.3 is 5.11 Å². The third kappa shape index (κ3) is 3.13. The van der Waals surface area contributed by atoms with Crippen LogP contribution in [0.4, 0.5) is 0 Å². The molecule has 24 heavy (non-hydrogen) atoms. The van der Waals surface area contributed by atoms with Gasteiger partial charge in [0.25, 0.3) is 0 Å². The van der Waals surface area contributed by atoms with Crippen molar-refractivity contribution in [1.82, 2.24) is 4.98 Å². The SMILES string of the molecule is Cc1ccc(CC2CC(O)C(c3c(C)cc(C)cc3C)C2=O)nc1. The number of carbonyl (C=O) groups is 1. The highest BCUT2D eigenvalue weighted by atomic mass is 16.3. The molecule has 0 radical (unpaired) electrons. The lowest BCUT2D eigenvalue weighted by atomic mass is 9.85. The van der Waals surface area contributed by atoms with Crippen LogP contribution in [0.2, 0.25) is 0 Å². The van der Waals surface area contributed by atoms with Gasteiger partial charge in [-0.25, -0.2) is 0 Å². The normalized spacial score (nSPS) is 23.7. The van der Waals surface area contributed by atoms with E-state index in [1.165, 1.54) is 5.56 Å². The summed E-state index contributed by atoms with van der Waals surface area (Å²) in [6.45, 7) is 8.12. The second-order valence-electron chi connectivity index (χ2n) is 7.22. The highest BCUT2D eigenvalue weighted by Crippen LogP contribution is 2.39. The summed E-state index contributed by atoms with van der Waals surface area (Å²) in [4.78, 5) is 17.4. The lowest BCUT2D eigenvalue weighted by molar-refractivity contribution is -0.122. The van der Waals surface area contributed by atoms with E-state index in [1.807, 2.05) is 39.1 Å². The molecule has 1 aromatic carbocycles. The number of carbonyl (C=O) groups excluding carboxylic acids is 1. The molecule has 126 valence electrons. The zero-order valence-corrected chi connectivity index (χ0v) is 14.8. The van der Waals surface area contributed by atoms with E-state index in [4.69, 9.17) is 0 Å². The van der Waals surface area contributed by atoms with Gasteiger partial charge in [0, 0.05) is 17.8 Å². The van der Waals surface area contributed by atoms with Gasteiger partial charge in [-0.15, -0.1) is 0 Å². The molecule has 1 aliphatic carbocycles. The minimum absolute atomic E-state index is 0.152. The number of Topliss-reactive ketones (excluding diaryl/α,β-unsaturated/α-hetero) is 1. The first-order chi connectivity index (χ1) is 11.4. The molecule has 1 N–H and O–H groups in total. The summed E-state index contributed by atoms with van der Waals surface area (Å²) in [5, 5.41) is 10.6. The molecule has 3 unspecified atom stereocenters. The highest BCUT2D eigenvalue weighted by molar-refractivity contribution is 5.91. The van der Waals surface area contributed by atoms with Crippen LogP contribution in [0.1, 0.15) is 45.8 Å². The van der Waals surface area contributed by atoms with Crippen LogP contribution in [0.5, 0.6) is 0 Å². The van der Waals surface area contributed by atoms with Gasteiger partial charge in [-0.1, -0.05) is 23.8 Å². The van der Waals surface area contributed by atoms with Crippen molar-refractivity contribution in [1.29, 1.82) is 0 Å². The van der Waals surface area contributed by atoms with Gasteiger partial charge in [0.2, 0.25) is 0 Å². The number of aliphatic hydroxyl groups excluding tert-OH is 1. The van der Waals surface area contributed by atoms with Crippen molar-refractivity contribution in [2.24, 2.45) is 5.92 Å². The van der Waals surface area contributed by atoms with Crippen LogP contribution in [-0.4, -0.2) is 22.0 Å². The third-order valence-corrected chi connectivity index (χ3v) is 5.10. The predicted octanol–water partition coefficient (Wildman–Crippen LogP) is 3.59. The number of pyridine rings is 1. The van der Waals surface area contributed by atoms with Crippen LogP contribution >= 0.6 is 0 Å². The van der Waals surface area contributed by atoms with Gasteiger partial charge in [0.1, 0.15) is 5.78 Å². The fourth-order valence-corrected chi connectivity index (χ4v) is 4.06. The van der Waals surface area contributed by atoms with E-state index in [-0.39, 0.29) is 11.7 Å². The molecule has 1 aromatic heterocycles. The van der Waals surface area contributed by atoms with Crippen LogP contribution in [0.25, 0.3) is 0 Å². The van der Waals surface area contributed by atoms with Crippen molar-refractivity contribution >= 4 is 5.78 Å². The molecule has 0 spiro atoms. The molecular weight excluding hydrogens is 298 g/mol. The summed E-state index contributed by atoms with van der Waals surface area (Å²) in [5.74, 6) is -0.402. The van der Waals surface area contributed by atoms with Gasteiger partial charge in [0.15, 0.2) is 0 Å². The van der Waals surface area contributed by atoms with Crippen molar-refractivity contribution in [2.45, 2.75) is 52.6 Å². The highest BCUT2D eigenvalue weighted by Gasteiger charge is 2.43. The van der Waals surface area contributed by atoms with Gasteiger partial charge >= 0.3 is 0 Å². The minimum Gasteiger partial charge on any atom is -0.392 e. The maximum absolute atomic E-state index is 13.0. The summed E-state index contributed by atoms with van der Waals surface area (Å²) in [6, 6.07) is 8.18. The monoisotopic (exact) mass is 323 g/mol. The number of aliphatic hydroxyl groups is 1. The van der Waals surface area contributed by atoms with Crippen molar-refractivity contribution in [3.8, 4) is 0 Å². The van der Waals surface area contributed by atoms with E-state index in [0.29, 0.717) is 12.8 Å². The predicted molar refractivity (Wildman–Crippen MR) is 95.2 cm³/mol. The summed E-state index contributed by atoms with van der Waals surface area (Å²) >= 11 is 0. The number of nitrogens with zero attached hydrogens (tertiary/aromatic N) is 1. The van der Waals surface area contributed by atoms with Gasteiger partial charge in [-0.3, -0.25) is 9.78 Å². The number of ketones is 1. The van der Waals surface area contributed by atoms with Crippen molar-refractivity contribution < 1.29 is 9.90 Å². The zero-order valence-electron chi connectivity index (χ0n) is 14.8. The zero-order chi connectivity index (χ0) is 17.4. The van der Waals surface area contributed by atoms with E-state index >= 15 is 0 Å². The molecule has 1 fully saturated rings. The molecule has 3 atom stereocenters. The molecule has 1 saturated carbocycles. The Labute approximate surface area is 143 Å². The molecule has 3 nitrogen and oxygen atoms in total. The number of aryl methyl sites for hydroxylation is 4. The summed E-state index contributed by atoms with van der Waals surface area (Å²) < 4.78 is 0. The summed E-state index contributed by atoms with van der Waals surface area (Å²) in [7, 11) is 0. The maximum Gasteiger partial charge on any atom is 0.146 e. The Bertz CT molecular complexity index is 741. The van der Waals surface area contributed by atoms with Gasteiger partial charge in [-0.05, 0) is 68.9 Å². The Morgan fingerprint density at radius 3 is 2.33 bits per heavy atom. The van der Waals surface area contributed by atoms with Crippen LogP contribution in [0.3, 0.4) is 0 Å². The molecule has 0 amide bonds. The van der Waals surface area contributed by atoms with Gasteiger partial charge in [0.05, 0.1) is 12.0 Å². The number of aromatic nitrogens is 1. The molecule has 1 heterocycles. The summed E-state index contributed by atoms with van der Waals surface area (Å²) in [5.41, 5.74) is 6.43. The van der Waals surface area contributed by atoms with E-state index < -0.39 is 12.0 Å². The molecule has 3 rings (SSSR count). The van der Waals surface area contributed by atoms with E-state index in [1.54, 1.807) is 0 Å². The average molecular weight is 323 g/mol. The van der Waals surface area contributed by atoms with Crippen LogP contribution < -0.4 is 0 Å². The molecule has 1 aliphatic rings. The van der Waals surface area contributed by atoms with Gasteiger partial charge in [-0.2, -0.15) is 0 Å². The Balaban J connectivity index is 1.87. The number of hydrogen-bond donors (Lipinski definition) is 1. The lowest BCUT2D eigenvalue weighted by Gasteiger charge is -2.19. The Morgan fingerprint density at radius 2 is 1.75 bits per heavy atom. The molecule has 0 aliphatic heterocycles. The van der Waals surface area contributed by atoms with Crippen LogP contribution in [-0.2, 0) is 11.2 Å². The first-order valence-electron chi connectivity index (χ1n) is 8.58. The second-order valence-corrected chi connectivity index (χ2v) is 7.22. The van der Waals surface area contributed by atoms with E-state index in [2.05, 4.69) is 24.0 Å². The van der Waals surface area contributed by atoms with E-state index in [0.717, 1.165) is 27.9 Å². The number of rotatable bonds is 3. The van der Waals surface area contributed by atoms with Crippen molar-refractivity contribution in [3.05, 3.63) is 64.0 Å². The van der Waals surface area contributed by atoms with Crippen LogP contribution in [0, 0.1) is 33.6 Å². The molecule has 2 aromatic rings. The van der Waals surface area contributed by atoms with Crippen molar-refractivity contribution in [3.63, 3.8) is 0 Å². The van der Waals surface area contributed by atoms with Crippen LogP contribution in [0.15, 0.2) is 30.5 Å². The largest absolute Gasteiger partial charge is 0.392 e. The quantitative estimate of drug-likeness (QED) is 0.939. The topological polar surface area (TPSA) is 50.2 Å². The average Bonchev–Trinajstić information content (AvgIpc) is 2.76. The molecule has 0 bridgehead atoms. The fourth-order valence-electron chi connectivity index (χ4n) is 4.06. The lowest BCUT2D eigenvalue weighted by Crippen LogP contribution is -2.21. The number of hydrogen-bond acceptors (Lipinski definition) is 3. The first-order valence-corrected chi connectivity index (χ1v) is 8.58. The maximum atomic E-state index is 13.0. The minimum atomic E-state index is -0.604. The fraction of sp³-hybridized carbons (Fsp3) is 0.429. The standard InChI is InChI=1S/C21H25NO2/c1-12-5-6-17(22-11-12)9-16-10-18(23)20(21(16)24)19-14(3)7-13(2)8-15(19)4/h5-8,11,16,18,20,23H,9-10H2,1-4H3. The Hall–Kier alpha value is -2.00. The number of benzene rings is 1. The Morgan fingerprint density at radius 1 is 1.08 bits per heavy atom. The smallest absolute Gasteiger partial charge is 0.146 e. The Kier molecular flexibility index (Phi) is 4.55. The first kappa shape index (κ1) is 16.8. The second kappa shape index (κ2) is 6.48. The molecule has 0 saturated heterocycles. The molecule has 3 heteroatoms. The molecular formula is C21H25NO2.